The van der Waals surface area contributed by atoms with Crippen molar-refractivity contribution in [2.45, 2.75) is 31.1 Å². The molecule has 2 N–H and O–H groups in total. The van der Waals surface area contributed by atoms with E-state index in [-0.39, 0.29) is 0 Å². The van der Waals surface area contributed by atoms with Gasteiger partial charge in [0.1, 0.15) is 5.82 Å². The predicted octanol–water partition coefficient (Wildman–Crippen LogP) is 2.10. The second-order valence-corrected chi connectivity index (χ2v) is 5.63. The lowest BCUT2D eigenvalue weighted by molar-refractivity contribution is 0.199. The molecule has 1 aliphatic rings. The fourth-order valence-corrected chi connectivity index (χ4v) is 3.25. The Bertz CT molecular complexity index is 323. The first-order valence-corrected chi connectivity index (χ1v) is 7.30. The molecule has 0 spiro atoms. The molecule has 5 heteroatoms. The molecule has 1 fully saturated rings. The van der Waals surface area contributed by atoms with Gasteiger partial charge in [0.25, 0.3) is 0 Å². The summed E-state index contributed by atoms with van der Waals surface area (Å²) in [6.45, 7) is 2.47. The number of aromatic nitrogens is 2. The van der Waals surface area contributed by atoms with Crippen molar-refractivity contribution in [1.82, 2.24) is 15.3 Å². The largest absolute Gasteiger partial charge is 0.383 e. The number of nitrogens with one attached hydrogen (secondary N) is 2. The van der Waals surface area contributed by atoms with Gasteiger partial charge in [0.2, 0.25) is 0 Å². The van der Waals surface area contributed by atoms with Crippen molar-refractivity contribution in [3.63, 3.8) is 0 Å². The number of aromatic amines is 1. The molecule has 1 saturated heterocycles. The summed E-state index contributed by atoms with van der Waals surface area (Å²) in [5, 5.41) is 3.90. The van der Waals surface area contributed by atoms with Gasteiger partial charge in [-0.3, -0.25) is 0 Å². The Morgan fingerprint density at radius 1 is 1.59 bits per heavy atom. The van der Waals surface area contributed by atoms with E-state index >= 15 is 0 Å². The molecule has 1 aromatic heterocycles. The van der Waals surface area contributed by atoms with Gasteiger partial charge in [-0.25, -0.2) is 4.98 Å². The highest BCUT2D eigenvalue weighted by atomic mass is 32.2. The Morgan fingerprint density at radius 3 is 3.29 bits per heavy atom. The van der Waals surface area contributed by atoms with Crippen LogP contribution in [0.25, 0.3) is 0 Å². The van der Waals surface area contributed by atoms with Gasteiger partial charge in [0.15, 0.2) is 0 Å². The summed E-state index contributed by atoms with van der Waals surface area (Å²) in [4.78, 5) is 7.92. The molecule has 4 nitrogen and oxygen atoms in total. The Kier molecular flexibility index (Phi) is 5.35. The number of methoxy groups -OCH3 is 1. The van der Waals surface area contributed by atoms with Gasteiger partial charge in [0.05, 0.1) is 11.9 Å². The second-order valence-electron chi connectivity index (χ2n) is 4.32. The first-order valence-electron chi connectivity index (χ1n) is 6.25. The van der Waals surface area contributed by atoms with Crippen LogP contribution in [0, 0.1) is 0 Å². The van der Waals surface area contributed by atoms with Crippen molar-refractivity contribution in [3.05, 3.63) is 17.7 Å². The molecule has 0 aromatic carbocycles. The van der Waals surface area contributed by atoms with Gasteiger partial charge in [-0.05, 0) is 18.6 Å². The van der Waals surface area contributed by atoms with Gasteiger partial charge in [-0.2, -0.15) is 11.8 Å². The van der Waals surface area contributed by atoms with Crippen LogP contribution in [-0.2, 0) is 11.3 Å². The van der Waals surface area contributed by atoms with Crippen LogP contribution in [0.4, 0.5) is 0 Å². The Labute approximate surface area is 107 Å². The highest BCUT2D eigenvalue weighted by Gasteiger charge is 2.18. The maximum absolute atomic E-state index is 4.99. The van der Waals surface area contributed by atoms with E-state index in [1.54, 1.807) is 7.11 Å². The minimum atomic E-state index is 0.580. The number of nitrogens with zero attached hydrogens (tertiary/aromatic N) is 1. The van der Waals surface area contributed by atoms with Gasteiger partial charge in [-0.1, -0.05) is 6.42 Å². The average Bonchev–Trinajstić information content (AvgIpc) is 2.85. The molecule has 1 atom stereocenters. The zero-order valence-electron chi connectivity index (χ0n) is 10.4. The van der Waals surface area contributed by atoms with Gasteiger partial charge in [0, 0.05) is 32.1 Å². The second kappa shape index (κ2) is 7.03. The van der Waals surface area contributed by atoms with E-state index in [1.165, 1.54) is 30.7 Å². The lowest BCUT2D eigenvalue weighted by Crippen LogP contribution is -2.18. The van der Waals surface area contributed by atoms with E-state index in [9.17, 15) is 0 Å². The molecule has 2 rings (SSSR count). The van der Waals surface area contributed by atoms with E-state index in [1.807, 2.05) is 18.0 Å². The van der Waals surface area contributed by atoms with E-state index in [0.29, 0.717) is 5.25 Å². The average molecular weight is 255 g/mol. The molecule has 1 unspecified atom stereocenters. The highest BCUT2D eigenvalue weighted by molar-refractivity contribution is 7.99. The van der Waals surface area contributed by atoms with Gasteiger partial charge < -0.3 is 15.0 Å². The molecule has 0 bridgehead atoms. The molecule has 96 valence electrons. The topological polar surface area (TPSA) is 49.9 Å². The fraction of sp³-hybridized carbons (Fsp3) is 0.750. The number of H-pyrrole nitrogens is 1. The van der Waals surface area contributed by atoms with Crippen molar-refractivity contribution in [1.29, 1.82) is 0 Å². The van der Waals surface area contributed by atoms with Crippen molar-refractivity contribution in [3.8, 4) is 0 Å². The van der Waals surface area contributed by atoms with E-state index in [4.69, 9.17) is 4.74 Å². The Balaban J connectivity index is 1.78. The van der Waals surface area contributed by atoms with Crippen molar-refractivity contribution < 1.29 is 4.74 Å². The number of thioether (sulfide) groups is 1. The summed E-state index contributed by atoms with van der Waals surface area (Å²) in [6, 6.07) is 0. The lowest BCUT2D eigenvalue weighted by atomic mass is 10.2. The number of hydrogen-bond donors (Lipinski definition) is 2. The third-order valence-corrected chi connectivity index (χ3v) is 4.32. The summed E-state index contributed by atoms with van der Waals surface area (Å²) in [7, 11) is 1.72. The Morgan fingerprint density at radius 2 is 2.53 bits per heavy atom. The van der Waals surface area contributed by atoms with E-state index in [2.05, 4.69) is 15.3 Å². The zero-order chi connectivity index (χ0) is 11.9. The predicted molar refractivity (Wildman–Crippen MR) is 71.2 cm³/mol. The summed E-state index contributed by atoms with van der Waals surface area (Å²) in [6.07, 6.45) is 5.89. The van der Waals surface area contributed by atoms with Crippen molar-refractivity contribution in [2.24, 2.45) is 0 Å². The normalized spacial score (nSPS) is 20.6. The number of hydrogen-bond acceptors (Lipinski definition) is 4. The van der Waals surface area contributed by atoms with E-state index < -0.39 is 0 Å². The quantitative estimate of drug-likeness (QED) is 0.764. The first-order chi connectivity index (χ1) is 8.40. The number of ether oxygens (including phenoxy) is 1. The van der Waals surface area contributed by atoms with Crippen LogP contribution < -0.4 is 5.32 Å². The summed E-state index contributed by atoms with van der Waals surface area (Å²) in [5.74, 6) is 2.42. The molecule has 1 aromatic rings. The maximum atomic E-state index is 4.99. The third-order valence-electron chi connectivity index (χ3n) is 2.93. The third kappa shape index (κ3) is 4.01. The van der Waals surface area contributed by atoms with Crippen LogP contribution in [0.3, 0.4) is 0 Å². The van der Waals surface area contributed by atoms with Crippen LogP contribution in [-0.4, -0.2) is 36.0 Å². The van der Waals surface area contributed by atoms with Gasteiger partial charge >= 0.3 is 0 Å². The van der Waals surface area contributed by atoms with Crippen molar-refractivity contribution >= 4 is 11.8 Å². The molecule has 0 saturated carbocycles. The molecule has 1 aliphatic heterocycles. The number of imidazole rings is 1. The van der Waals surface area contributed by atoms with Crippen LogP contribution in [0.5, 0.6) is 0 Å². The summed E-state index contributed by atoms with van der Waals surface area (Å²) < 4.78 is 4.99. The molecular weight excluding hydrogens is 234 g/mol. The smallest absolute Gasteiger partial charge is 0.119 e. The van der Waals surface area contributed by atoms with Crippen LogP contribution in [0.15, 0.2) is 6.20 Å². The molecule has 17 heavy (non-hydrogen) atoms. The SMILES string of the molecule is COCCNCc1cnc(C2CCCCS2)[nH]1. The monoisotopic (exact) mass is 255 g/mol. The molecule has 0 amide bonds. The minimum Gasteiger partial charge on any atom is -0.383 e. The van der Waals surface area contributed by atoms with Crippen LogP contribution in [0.1, 0.15) is 36.0 Å². The lowest BCUT2D eigenvalue weighted by Gasteiger charge is -2.18. The van der Waals surface area contributed by atoms with E-state index in [0.717, 1.165) is 25.5 Å². The summed E-state index contributed by atoms with van der Waals surface area (Å²) in [5.41, 5.74) is 1.17. The molecule has 0 aliphatic carbocycles. The maximum Gasteiger partial charge on any atom is 0.119 e. The molecule has 2 heterocycles. The van der Waals surface area contributed by atoms with Crippen LogP contribution >= 0.6 is 11.8 Å². The van der Waals surface area contributed by atoms with Gasteiger partial charge in [-0.15, -0.1) is 0 Å². The Hall–Kier alpha value is -0.520. The van der Waals surface area contributed by atoms with Crippen LogP contribution in [0.2, 0.25) is 0 Å². The highest BCUT2D eigenvalue weighted by Crippen LogP contribution is 2.36. The minimum absolute atomic E-state index is 0.580. The van der Waals surface area contributed by atoms with Crippen molar-refractivity contribution in [2.75, 3.05) is 26.0 Å². The zero-order valence-corrected chi connectivity index (χ0v) is 11.2. The summed E-state index contributed by atoms with van der Waals surface area (Å²) >= 11 is 2.03. The number of rotatable bonds is 6. The fourth-order valence-electron chi connectivity index (χ4n) is 1.98. The standard InChI is InChI=1S/C12H21N3OS/c1-16-6-5-13-8-10-9-14-12(15-10)11-4-2-3-7-17-11/h9,11,13H,2-8H2,1H3,(H,14,15). The molecule has 0 radical (unpaired) electrons. The molecular formula is C12H21N3OS. The first kappa shape index (κ1) is 12.9.